The highest BCUT2D eigenvalue weighted by Gasteiger charge is 2.36. The summed E-state index contributed by atoms with van der Waals surface area (Å²) >= 11 is 0. The zero-order valence-corrected chi connectivity index (χ0v) is 20.1. The quantitative estimate of drug-likeness (QED) is 0.181. The van der Waals surface area contributed by atoms with Crippen molar-refractivity contribution in [3.05, 3.63) is 71.8 Å². The van der Waals surface area contributed by atoms with Gasteiger partial charge in [-0.25, -0.2) is 14.6 Å². The van der Waals surface area contributed by atoms with Crippen molar-refractivity contribution in [1.29, 1.82) is 0 Å². The number of ether oxygens (including phenoxy) is 2. The van der Waals surface area contributed by atoms with E-state index in [2.05, 4.69) is 0 Å². The normalized spacial score (nSPS) is 13.0. The molecule has 0 aliphatic carbocycles. The molecule has 0 aromatic heterocycles. The molecular formula is C25H34O7. The summed E-state index contributed by atoms with van der Waals surface area (Å²) in [5.74, 6) is -2.83. The van der Waals surface area contributed by atoms with E-state index in [-0.39, 0.29) is 0 Å². The van der Waals surface area contributed by atoms with Crippen molar-refractivity contribution in [3.8, 4) is 0 Å². The number of benzene rings is 2. The molecule has 0 aliphatic heterocycles. The van der Waals surface area contributed by atoms with Crippen LogP contribution in [0.25, 0.3) is 0 Å². The van der Waals surface area contributed by atoms with E-state index in [1.165, 1.54) is 27.7 Å². The number of hydrogen-bond acceptors (Lipinski definition) is 7. The van der Waals surface area contributed by atoms with E-state index < -0.39 is 28.9 Å². The summed E-state index contributed by atoms with van der Waals surface area (Å²) in [4.78, 5) is 34.3. The van der Waals surface area contributed by atoms with Gasteiger partial charge in [0.15, 0.2) is 0 Å². The zero-order valence-electron chi connectivity index (χ0n) is 20.1. The van der Waals surface area contributed by atoms with Gasteiger partial charge in [0.05, 0.1) is 0 Å². The van der Waals surface area contributed by atoms with Gasteiger partial charge in [-0.3, -0.25) is 0 Å². The summed E-state index contributed by atoms with van der Waals surface area (Å²) in [6.07, 6.45) is -0.998. The summed E-state index contributed by atoms with van der Waals surface area (Å²) in [5.41, 5.74) is 0.299. The van der Waals surface area contributed by atoms with Gasteiger partial charge < -0.3 is 9.47 Å². The van der Waals surface area contributed by atoms with Crippen LogP contribution in [0.1, 0.15) is 66.5 Å². The molecule has 0 radical (unpaired) electrons. The Kier molecular flexibility index (Phi) is 8.07. The van der Waals surface area contributed by atoms with Gasteiger partial charge in [-0.2, -0.15) is 9.78 Å². The number of hydrogen-bond donors (Lipinski definition) is 0. The first-order valence-corrected chi connectivity index (χ1v) is 10.5. The maximum atomic E-state index is 12.3. The molecule has 7 heteroatoms. The van der Waals surface area contributed by atoms with Gasteiger partial charge in [-0.05, 0) is 38.8 Å². The van der Waals surface area contributed by atoms with Crippen molar-refractivity contribution >= 4 is 6.16 Å². The second-order valence-electron chi connectivity index (χ2n) is 9.34. The fourth-order valence-electron chi connectivity index (χ4n) is 2.64. The standard InChI is InChI=1S/C25H34O7/c1-22(2,19-15-11-9-12-16-19)29-31-24(5,6)27-21(26)28-25(7,8)32-30-23(3,4)20-17-13-10-14-18-20/h9-18H,1-8H3. The fraction of sp³-hybridized carbons (Fsp3) is 0.480. The van der Waals surface area contributed by atoms with Crippen LogP contribution < -0.4 is 0 Å². The molecule has 0 aliphatic rings. The third-order valence-electron chi connectivity index (χ3n) is 4.50. The smallest absolute Gasteiger partial charge is 0.399 e. The summed E-state index contributed by atoms with van der Waals surface area (Å²) in [7, 11) is 0. The monoisotopic (exact) mass is 446 g/mol. The third kappa shape index (κ3) is 7.91. The molecule has 2 rings (SSSR count). The predicted molar refractivity (Wildman–Crippen MR) is 119 cm³/mol. The van der Waals surface area contributed by atoms with Gasteiger partial charge in [0, 0.05) is 27.7 Å². The molecule has 0 atom stereocenters. The van der Waals surface area contributed by atoms with Crippen molar-refractivity contribution in [2.45, 2.75) is 78.2 Å². The van der Waals surface area contributed by atoms with Crippen LogP contribution in [-0.2, 0) is 40.2 Å². The average molecular weight is 447 g/mol. The first kappa shape index (κ1) is 25.8. The van der Waals surface area contributed by atoms with E-state index in [1.807, 2.05) is 88.4 Å². The second kappa shape index (κ2) is 10.0. The largest absolute Gasteiger partial charge is 0.513 e. The summed E-state index contributed by atoms with van der Waals surface area (Å²) in [6.45, 7) is 13.5. The van der Waals surface area contributed by atoms with Crippen LogP contribution in [0.3, 0.4) is 0 Å². The molecule has 0 fully saturated rings. The van der Waals surface area contributed by atoms with Crippen molar-refractivity contribution in [1.82, 2.24) is 0 Å². The molecule has 0 N–H and O–H groups in total. The van der Waals surface area contributed by atoms with Crippen LogP contribution >= 0.6 is 0 Å². The van der Waals surface area contributed by atoms with E-state index in [0.717, 1.165) is 11.1 Å². The second-order valence-corrected chi connectivity index (χ2v) is 9.34. The van der Waals surface area contributed by atoms with Crippen molar-refractivity contribution in [3.63, 3.8) is 0 Å². The Morgan fingerprint density at radius 3 is 1.16 bits per heavy atom. The Labute approximate surface area is 190 Å². The molecule has 0 heterocycles. The molecule has 32 heavy (non-hydrogen) atoms. The topological polar surface area (TPSA) is 72.5 Å². The third-order valence-corrected chi connectivity index (χ3v) is 4.50. The molecule has 0 unspecified atom stereocenters. The van der Waals surface area contributed by atoms with Crippen LogP contribution in [0.15, 0.2) is 60.7 Å². The Hall–Kier alpha value is -2.45. The Bertz CT molecular complexity index is 787. The predicted octanol–water partition coefficient (Wildman–Crippen LogP) is 6.38. The van der Waals surface area contributed by atoms with Gasteiger partial charge in [0.25, 0.3) is 0 Å². The minimum Gasteiger partial charge on any atom is -0.399 e. The van der Waals surface area contributed by atoms with Crippen LogP contribution in [-0.4, -0.2) is 17.7 Å². The van der Waals surface area contributed by atoms with Crippen molar-refractivity contribution < 1.29 is 33.8 Å². The minimum atomic E-state index is -1.41. The van der Waals surface area contributed by atoms with E-state index in [9.17, 15) is 4.79 Å². The first-order valence-electron chi connectivity index (χ1n) is 10.5. The molecule has 0 saturated heterocycles. The zero-order chi connectivity index (χ0) is 24.0. The molecule has 0 bridgehead atoms. The first-order chi connectivity index (χ1) is 14.7. The molecule has 0 amide bonds. The van der Waals surface area contributed by atoms with Crippen molar-refractivity contribution in [2.24, 2.45) is 0 Å². The molecule has 2 aromatic rings. The number of carbonyl (C=O) groups is 1. The summed E-state index contributed by atoms with van der Waals surface area (Å²) < 4.78 is 10.6. The molecule has 0 saturated carbocycles. The number of carbonyl (C=O) groups excluding carboxylic acids is 1. The van der Waals surface area contributed by atoms with Crippen LogP contribution in [0.4, 0.5) is 4.79 Å². The lowest BCUT2D eigenvalue weighted by Crippen LogP contribution is -2.40. The molecule has 176 valence electrons. The summed E-state index contributed by atoms with van der Waals surface area (Å²) in [5, 5.41) is 0. The van der Waals surface area contributed by atoms with E-state index in [1.54, 1.807) is 0 Å². The van der Waals surface area contributed by atoms with Gasteiger partial charge in [-0.15, -0.1) is 0 Å². The summed E-state index contributed by atoms with van der Waals surface area (Å²) in [6, 6.07) is 19.1. The van der Waals surface area contributed by atoms with Gasteiger partial charge >= 0.3 is 6.16 Å². The number of rotatable bonds is 10. The fourth-order valence-corrected chi connectivity index (χ4v) is 2.64. The molecule has 0 spiro atoms. The SMILES string of the molecule is CC(C)(OOC(C)(C)c1ccccc1)OC(=O)OC(C)(C)OOC(C)(C)c1ccccc1. The highest BCUT2D eigenvalue weighted by atomic mass is 17.3. The van der Waals surface area contributed by atoms with E-state index in [4.69, 9.17) is 29.0 Å². The van der Waals surface area contributed by atoms with Crippen LogP contribution in [0, 0.1) is 0 Å². The Balaban J connectivity index is 1.87. The lowest BCUT2D eigenvalue weighted by molar-refractivity contribution is -0.461. The van der Waals surface area contributed by atoms with Gasteiger partial charge in [0.2, 0.25) is 11.6 Å². The Morgan fingerprint density at radius 2 is 0.844 bits per heavy atom. The molecule has 2 aromatic carbocycles. The lowest BCUT2D eigenvalue weighted by Gasteiger charge is -2.32. The van der Waals surface area contributed by atoms with E-state index in [0.29, 0.717) is 0 Å². The van der Waals surface area contributed by atoms with Gasteiger partial charge in [0.1, 0.15) is 11.2 Å². The van der Waals surface area contributed by atoms with Gasteiger partial charge in [-0.1, -0.05) is 60.7 Å². The maximum Gasteiger partial charge on any atom is 0.513 e. The molecule has 7 nitrogen and oxygen atoms in total. The van der Waals surface area contributed by atoms with Crippen LogP contribution in [0.2, 0.25) is 0 Å². The maximum absolute atomic E-state index is 12.3. The Morgan fingerprint density at radius 1 is 0.531 bits per heavy atom. The van der Waals surface area contributed by atoms with Crippen molar-refractivity contribution in [2.75, 3.05) is 0 Å². The van der Waals surface area contributed by atoms with E-state index >= 15 is 0 Å². The minimum absolute atomic E-state index is 0.759. The average Bonchev–Trinajstić information content (AvgIpc) is 2.72. The molecular weight excluding hydrogens is 412 g/mol. The lowest BCUT2D eigenvalue weighted by atomic mass is 9.99. The van der Waals surface area contributed by atoms with Crippen LogP contribution in [0.5, 0.6) is 0 Å². The highest BCUT2D eigenvalue weighted by Crippen LogP contribution is 2.29. The highest BCUT2D eigenvalue weighted by molar-refractivity contribution is 5.60.